The van der Waals surface area contributed by atoms with Crippen LogP contribution in [-0.2, 0) is 34.1 Å². The summed E-state index contributed by atoms with van der Waals surface area (Å²) in [5, 5.41) is 17.1. The van der Waals surface area contributed by atoms with Crippen molar-refractivity contribution in [2.24, 2.45) is 0 Å². The maximum Gasteiger partial charge on any atom is 2.00 e. The van der Waals surface area contributed by atoms with Gasteiger partial charge in [0, 0.05) is 109 Å². The summed E-state index contributed by atoms with van der Waals surface area (Å²) in [6.07, 6.45) is 0. The summed E-state index contributed by atoms with van der Waals surface area (Å²) >= 11 is 0. The van der Waals surface area contributed by atoms with Gasteiger partial charge in [0.05, 0.1) is 0 Å². The Kier molecular flexibility index (Phi) is 24.2. The number of nitrogens with zero attached hydrogens (tertiary/aromatic N) is 2. The molecule has 2 aliphatic rings. The first-order chi connectivity index (χ1) is 13.1. The maximum atomic E-state index is 3.46. The van der Waals surface area contributed by atoms with E-state index in [1.54, 1.807) is 0 Å². The maximum absolute atomic E-state index is 3.46. The Morgan fingerprint density at radius 2 is 0.655 bits per heavy atom. The van der Waals surface area contributed by atoms with Crippen molar-refractivity contribution in [3.8, 4) is 0 Å². The summed E-state index contributed by atoms with van der Waals surface area (Å²) in [5.74, 6) is 0. The van der Waals surface area contributed by atoms with Crippen LogP contribution < -0.4 is 26.6 Å². The summed E-state index contributed by atoms with van der Waals surface area (Å²) in [5.41, 5.74) is 0. The number of rotatable bonds is 2. The second-order valence-electron chi connectivity index (χ2n) is 8.01. The molecule has 0 aromatic rings. The molecule has 0 amide bonds. The van der Waals surface area contributed by atoms with Gasteiger partial charge in [-0.25, -0.2) is 0 Å². The third kappa shape index (κ3) is 18.1. The quantitative estimate of drug-likeness (QED) is 0.337. The first-order valence-electron chi connectivity index (χ1n) is 11.1. The van der Waals surface area contributed by atoms with E-state index in [-0.39, 0.29) is 39.8 Å². The van der Waals surface area contributed by atoms with E-state index in [1.807, 2.05) is 0 Å². The summed E-state index contributed by atoms with van der Waals surface area (Å²) in [7, 11) is 0. The van der Waals surface area contributed by atoms with Gasteiger partial charge in [-0.15, -0.1) is 0 Å². The molecule has 7 nitrogen and oxygen atoms in total. The fourth-order valence-electron chi connectivity index (χ4n) is 3.30. The second kappa shape index (κ2) is 22.0. The van der Waals surface area contributed by atoms with Crippen LogP contribution >= 0.6 is 0 Å². The van der Waals surface area contributed by atoms with Crippen molar-refractivity contribution in [1.29, 1.82) is 0 Å². The monoisotopic (exact) mass is 519 g/mol. The Labute approximate surface area is 207 Å². The topological polar surface area (TPSA) is 66.6 Å². The Balaban J connectivity index is -0.0000000948. The van der Waals surface area contributed by atoms with Gasteiger partial charge < -0.3 is 26.6 Å². The molecule has 0 unspecified atom stereocenters. The van der Waals surface area contributed by atoms with Crippen molar-refractivity contribution in [2.75, 3.05) is 91.6 Å². The zero-order valence-corrected chi connectivity index (χ0v) is 20.9. The minimum Gasteiger partial charge on any atom is -0.314 e. The SMILES string of the molecule is CC(C)N1CCNCCNCC1.CC(C)N1CCNCCNCCNCC1.[Cu+2].[Cu+2].[HH].[HH].[HH].[HH]. The Morgan fingerprint density at radius 3 is 0.862 bits per heavy atom. The number of nitrogens with one attached hydrogen (secondary N) is 5. The van der Waals surface area contributed by atoms with Crippen LogP contribution in [0.2, 0.25) is 0 Å². The van der Waals surface area contributed by atoms with Gasteiger partial charge in [0.15, 0.2) is 0 Å². The van der Waals surface area contributed by atoms with E-state index in [0.717, 1.165) is 78.5 Å². The van der Waals surface area contributed by atoms with Crippen molar-refractivity contribution in [2.45, 2.75) is 39.8 Å². The standard InChI is InChI=1S/C11H26N4.C9H21N3.2Cu.4H2/c1-11(2)15-9-7-13-5-3-12-4-6-14-8-10-15;1-9(2)12-7-5-10-3-4-11-6-8-12;;;;;;/h11-14H,3-10H2,1-2H3;9-11H,3-8H2,1-2H3;;;4*1H/q;;2*+2;;;;. The van der Waals surface area contributed by atoms with Gasteiger partial charge in [0.2, 0.25) is 0 Å². The Morgan fingerprint density at radius 1 is 0.448 bits per heavy atom. The van der Waals surface area contributed by atoms with Crippen LogP contribution in [0.5, 0.6) is 0 Å². The molecule has 2 radical (unpaired) electrons. The van der Waals surface area contributed by atoms with Gasteiger partial charge in [-0.2, -0.15) is 0 Å². The van der Waals surface area contributed by atoms with E-state index in [2.05, 4.69) is 64.1 Å². The van der Waals surface area contributed by atoms with Crippen LogP contribution in [0.25, 0.3) is 0 Å². The Bertz CT molecular complexity index is 332. The van der Waals surface area contributed by atoms with Crippen molar-refractivity contribution >= 4 is 0 Å². The molecule has 188 valence electrons. The van der Waals surface area contributed by atoms with E-state index < -0.39 is 0 Å². The molecule has 0 bridgehead atoms. The van der Waals surface area contributed by atoms with Gasteiger partial charge in [-0.3, -0.25) is 9.80 Å². The molecule has 0 aliphatic carbocycles. The molecular weight excluding hydrogens is 465 g/mol. The van der Waals surface area contributed by atoms with Crippen molar-refractivity contribution in [3.63, 3.8) is 0 Å². The van der Waals surface area contributed by atoms with Crippen LogP contribution in [-0.4, -0.2) is 114 Å². The molecule has 9 heteroatoms. The average molecular weight is 521 g/mol. The zero-order valence-electron chi connectivity index (χ0n) is 19.1. The molecule has 0 aromatic heterocycles. The molecule has 2 saturated heterocycles. The molecule has 0 saturated carbocycles. The third-order valence-corrected chi connectivity index (χ3v) is 5.20. The minimum absolute atomic E-state index is 0. The summed E-state index contributed by atoms with van der Waals surface area (Å²) < 4.78 is 0. The smallest absolute Gasteiger partial charge is 0.314 e. The number of hydrogen-bond donors (Lipinski definition) is 5. The van der Waals surface area contributed by atoms with Crippen LogP contribution in [0.1, 0.15) is 33.4 Å². The van der Waals surface area contributed by atoms with E-state index >= 15 is 0 Å². The number of hydrogen-bond acceptors (Lipinski definition) is 7. The Hall–Kier alpha value is 0.759. The van der Waals surface area contributed by atoms with E-state index in [1.165, 1.54) is 13.1 Å². The summed E-state index contributed by atoms with van der Waals surface area (Å²) in [6, 6.07) is 1.32. The second-order valence-corrected chi connectivity index (χ2v) is 8.01. The van der Waals surface area contributed by atoms with Gasteiger partial charge in [-0.1, -0.05) is 0 Å². The van der Waals surface area contributed by atoms with Gasteiger partial charge in [0.25, 0.3) is 0 Å². The van der Waals surface area contributed by atoms with Crippen LogP contribution in [0.3, 0.4) is 0 Å². The molecule has 2 aliphatic heterocycles. The van der Waals surface area contributed by atoms with Crippen LogP contribution in [0.4, 0.5) is 0 Å². The fraction of sp³-hybridized carbons (Fsp3) is 1.00. The predicted molar refractivity (Wildman–Crippen MR) is 126 cm³/mol. The van der Waals surface area contributed by atoms with Crippen molar-refractivity contribution < 1.29 is 39.8 Å². The van der Waals surface area contributed by atoms with Gasteiger partial charge in [-0.05, 0) is 27.7 Å². The molecule has 2 fully saturated rings. The largest absolute Gasteiger partial charge is 2.00 e. The van der Waals surface area contributed by atoms with Crippen molar-refractivity contribution in [3.05, 3.63) is 0 Å². The molecule has 0 aromatic carbocycles. The average Bonchev–Trinajstić information content (AvgIpc) is 2.76. The van der Waals surface area contributed by atoms with Gasteiger partial charge >= 0.3 is 34.1 Å². The van der Waals surface area contributed by atoms with Crippen molar-refractivity contribution in [1.82, 2.24) is 36.4 Å². The molecule has 5 N–H and O–H groups in total. The molecule has 2 heterocycles. The van der Waals surface area contributed by atoms with Gasteiger partial charge in [0.1, 0.15) is 0 Å². The third-order valence-electron chi connectivity index (χ3n) is 5.20. The first kappa shape index (κ1) is 31.9. The summed E-state index contributed by atoms with van der Waals surface area (Å²) in [6.45, 7) is 24.7. The van der Waals surface area contributed by atoms with Crippen LogP contribution in [0.15, 0.2) is 0 Å². The minimum atomic E-state index is 0. The molecule has 29 heavy (non-hydrogen) atoms. The van der Waals surface area contributed by atoms with E-state index in [0.29, 0.717) is 12.1 Å². The normalized spacial score (nSPS) is 21.7. The molecular formula is C20H55Cu2N7+4. The van der Waals surface area contributed by atoms with Crippen LogP contribution in [0, 0.1) is 0 Å². The summed E-state index contributed by atoms with van der Waals surface area (Å²) in [4.78, 5) is 5.03. The molecule has 0 atom stereocenters. The molecule has 0 spiro atoms. The first-order valence-corrected chi connectivity index (χ1v) is 11.1. The predicted octanol–water partition coefficient (Wildman–Crippen LogP) is 0.348. The van der Waals surface area contributed by atoms with E-state index in [9.17, 15) is 0 Å². The molecule has 2 rings (SSSR count). The van der Waals surface area contributed by atoms with E-state index in [4.69, 9.17) is 0 Å². The zero-order chi connectivity index (χ0) is 19.7. The fourth-order valence-corrected chi connectivity index (χ4v) is 3.30.